The Hall–Kier alpha value is -1.48. The van der Waals surface area contributed by atoms with Crippen LogP contribution in [-0.4, -0.2) is 20.8 Å². The van der Waals surface area contributed by atoms with Crippen LogP contribution in [0.4, 0.5) is 0 Å². The van der Waals surface area contributed by atoms with Crippen LogP contribution in [0, 0.1) is 0 Å². The predicted octanol–water partition coefficient (Wildman–Crippen LogP) is 2.76. The van der Waals surface area contributed by atoms with Crippen LogP contribution in [0.1, 0.15) is 18.9 Å². The van der Waals surface area contributed by atoms with E-state index in [0.717, 1.165) is 36.6 Å². The third kappa shape index (κ3) is 4.49. The Morgan fingerprint density at radius 2 is 2.06 bits per heavy atom. The molecule has 0 aliphatic heterocycles. The summed E-state index contributed by atoms with van der Waals surface area (Å²) in [6, 6.07) is 5.88. The summed E-state index contributed by atoms with van der Waals surface area (Å²) in [4.78, 5) is 0. The molecule has 3 heteroatoms. The van der Waals surface area contributed by atoms with E-state index in [-0.39, 0.29) is 0 Å². The number of hydrogen-bond acceptors (Lipinski definition) is 3. The minimum Gasteiger partial charge on any atom is -0.497 e. The molecule has 0 unspecified atom stereocenters. The van der Waals surface area contributed by atoms with E-state index in [9.17, 15) is 0 Å². The Morgan fingerprint density at radius 3 is 2.71 bits per heavy atom. The lowest BCUT2D eigenvalue weighted by atomic mass is 10.2. The van der Waals surface area contributed by atoms with Crippen LogP contribution in [0.2, 0.25) is 0 Å². The minimum absolute atomic E-state index is 0.810. The molecule has 0 heterocycles. The third-order valence-corrected chi connectivity index (χ3v) is 2.53. The quantitative estimate of drug-likeness (QED) is 0.582. The topological polar surface area (TPSA) is 30.5 Å². The first-order chi connectivity index (χ1) is 8.31. The van der Waals surface area contributed by atoms with Crippen LogP contribution >= 0.6 is 0 Å². The Labute approximate surface area is 103 Å². The van der Waals surface area contributed by atoms with Crippen LogP contribution in [0.15, 0.2) is 30.4 Å². The fourth-order valence-electron chi connectivity index (χ4n) is 1.57. The van der Waals surface area contributed by atoms with Crippen LogP contribution in [-0.2, 0) is 6.54 Å². The van der Waals surface area contributed by atoms with Gasteiger partial charge in [0, 0.05) is 18.2 Å². The Kier molecular flexibility index (Phi) is 6.18. The van der Waals surface area contributed by atoms with Crippen molar-refractivity contribution in [1.29, 1.82) is 0 Å². The molecule has 0 spiro atoms. The lowest BCUT2D eigenvalue weighted by molar-refractivity contribution is 0.390. The highest BCUT2D eigenvalue weighted by Crippen LogP contribution is 2.24. The second kappa shape index (κ2) is 7.74. The van der Waals surface area contributed by atoms with Gasteiger partial charge in [-0.1, -0.05) is 18.2 Å². The molecular formula is C14H21NO2. The van der Waals surface area contributed by atoms with Crippen molar-refractivity contribution in [3.63, 3.8) is 0 Å². The van der Waals surface area contributed by atoms with Gasteiger partial charge < -0.3 is 14.8 Å². The summed E-state index contributed by atoms with van der Waals surface area (Å²) in [6.45, 7) is 3.82. The Balaban J connectivity index is 2.52. The molecule has 17 heavy (non-hydrogen) atoms. The van der Waals surface area contributed by atoms with Gasteiger partial charge in [-0.2, -0.15) is 0 Å². The third-order valence-electron chi connectivity index (χ3n) is 2.53. The molecule has 1 rings (SSSR count). The molecule has 0 atom stereocenters. The number of nitrogens with one attached hydrogen (secondary N) is 1. The first-order valence-electron chi connectivity index (χ1n) is 5.84. The minimum atomic E-state index is 0.810. The van der Waals surface area contributed by atoms with E-state index in [4.69, 9.17) is 9.47 Å². The SMILES string of the molecule is C/C=C/CCNCc1ccc(OC)cc1OC. The van der Waals surface area contributed by atoms with Gasteiger partial charge >= 0.3 is 0 Å². The predicted molar refractivity (Wildman–Crippen MR) is 70.7 cm³/mol. The largest absolute Gasteiger partial charge is 0.497 e. The van der Waals surface area contributed by atoms with Crippen LogP contribution in [0.5, 0.6) is 11.5 Å². The number of hydrogen-bond donors (Lipinski definition) is 1. The van der Waals surface area contributed by atoms with E-state index < -0.39 is 0 Å². The molecule has 0 saturated heterocycles. The number of methoxy groups -OCH3 is 2. The number of ether oxygens (including phenoxy) is 2. The molecule has 0 fully saturated rings. The maximum absolute atomic E-state index is 5.33. The number of benzene rings is 1. The molecule has 1 aromatic carbocycles. The molecule has 0 aliphatic rings. The van der Waals surface area contributed by atoms with Gasteiger partial charge in [0.2, 0.25) is 0 Å². The zero-order valence-electron chi connectivity index (χ0n) is 10.8. The highest BCUT2D eigenvalue weighted by molar-refractivity contribution is 5.40. The highest BCUT2D eigenvalue weighted by atomic mass is 16.5. The summed E-state index contributed by atoms with van der Waals surface area (Å²) in [6.07, 6.45) is 5.27. The molecule has 0 radical (unpaired) electrons. The van der Waals surface area contributed by atoms with Crippen LogP contribution in [0.25, 0.3) is 0 Å². The molecule has 0 aliphatic carbocycles. The van der Waals surface area contributed by atoms with Gasteiger partial charge in [-0.05, 0) is 26.0 Å². The second-order valence-corrected chi connectivity index (χ2v) is 3.71. The summed E-state index contributed by atoms with van der Waals surface area (Å²) in [5, 5.41) is 3.38. The van der Waals surface area contributed by atoms with Gasteiger partial charge in [0.05, 0.1) is 14.2 Å². The van der Waals surface area contributed by atoms with Crippen molar-refractivity contribution in [3.05, 3.63) is 35.9 Å². The first-order valence-corrected chi connectivity index (χ1v) is 5.84. The van der Waals surface area contributed by atoms with Crippen molar-refractivity contribution in [2.24, 2.45) is 0 Å². The average molecular weight is 235 g/mol. The summed E-state index contributed by atoms with van der Waals surface area (Å²) in [5.41, 5.74) is 1.15. The molecule has 1 aromatic rings. The molecule has 94 valence electrons. The Bertz CT molecular complexity index is 361. The average Bonchev–Trinajstić information content (AvgIpc) is 2.38. The lowest BCUT2D eigenvalue weighted by Crippen LogP contribution is -2.14. The van der Waals surface area contributed by atoms with E-state index in [1.54, 1.807) is 14.2 Å². The normalized spacial score (nSPS) is 10.8. The molecule has 0 amide bonds. The number of rotatable bonds is 7. The van der Waals surface area contributed by atoms with Crippen molar-refractivity contribution in [2.75, 3.05) is 20.8 Å². The van der Waals surface area contributed by atoms with E-state index in [1.165, 1.54) is 0 Å². The summed E-state index contributed by atoms with van der Waals surface area (Å²) in [5.74, 6) is 1.68. The fraction of sp³-hybridized carbons (Fsp3) is 0.429. The zero-order chi connectivity index (χ0) is 12.5. The van der Waals surface area contributed by atoms with E-state index in [2.05, 4.69) is 17.5 Å². The monoisotopic (exact) mass is 235 g/mol. The molecule has 1 N–H and O–H groups in total. The van der Waals surface area contributed by atoms with E-state index in [1.807, 2.05) is 25.1 Å². The standard InChI is InChI=1S/C14H21NO2/c1-4-5-6-9-15-11-12-7-8-13(16-2)10-14(12)17-3/h4-5,7-8,10,15H,6,9,11H2,1-3H3/b5-4+. The van der Waals surface area contributed by atoms with Gasteiger partial charge in [0.15, 0.2) is 0 Å². The molecule has 0 aromatic heterocycles. The molecular weight excluding hydrogens is 214 g/mol. The molecule has 3 nitrogen and oxygen atoms in total. The smallest absolute Gasteiger partial charge is 0.127 e. The van der Waals surface area contributed by atoms with Gasteiger partial charge in [0.1, 0.15) is 11.5 Å². The van der Waals surface area contributed by atoms with Gasteiger partial charge in [-0.3, -0.25) is 0 Å². The van der Waals surface area contributed by atoms with Crippen LogP contribution < -0.4 is 14.8 Å². The van der Waals surface area contributed by atoms with Crippen molar-refractivity contribution in [2.45, 2.75) is 19.9 Å². The molecule has 0 bridgehead atoms. The van der Waals surface area contributed by atoms with Crippen molar-refractivity contribution < 1.29 is 9.47 Å². The Morgan fingerprint density at radius 1 is 1.24 bits per heavy atom. The first kappa shape index (κ1) is 13.6. The van der Waals surface area contributed by atoms with Crippen molar-refractivity contribution >= 4 is 0 Å². The fourth-order valence-corrected chi connectivity index (χ4v) is 1.57. The highest BCUT2D eigenvalue weighted by Gasteiger charge is 2.03. The molecule has 0 saturated carbocycles. The van der Waals surface area contributed by atoms with Crippen molar-refractivity contribution in [3.8, 4) is 11.5 Å². The van der Waals surface area contributed by atoms with E-state index >= 15 is 0 Å². The van der Waals surface area contributed by atoms with Crippen LogP contribution in [0.3, 0.4) is 0 Å². The van der Waals surface area contributed by atoms with Crippen molar-refractivity contribution in [1.82, 2.24) is 5.32 Å². The summed E-state index contributed by atoms with van der Waals surface area (Å²) in [7, 11) is 3.34. The van der Waals surface area contributed by atoms with E-state index in [0.29, 0.717) is 0 Å². The maximum atomic E-state index is 5.33. The van der Waals surface area contributed by atoms with Gasteiger partial charge in [-0.25, -0.2) is 0 Å². The lowest BCUT2D eigenvalue weighted by Gasteiger charge is -2.10. The summed E-state index contributed by atoms with van der Waals surface area (Å²) < 4.78 is 10.5. The second-order valence-electron chi connectivity index (χ2n) is 3.71. The number of allylic oxidation sites excluding steroid dienone is 1. The zero-order valence-corrected chi connectivity index (χ0v) is 10.8. The van der Waals surface area contributed by atoms with Gasteiger partial charge in [-0.15, -0.1) is 0 Å². The maximum Gasteiger partial charge on any atom is 0.127 e. The summed E-state index contributed by atoms with van der Waals surface area (Å²) >= 11 is 0. The van der Waals surface area contributed by atoms with Gasteiger partial charge in [0.25, 0.3) is 0 Å².